The van der Waals surface area contributed by atoms with Crippen LogP contribution in [0.15, 0.2) is 59.2 Å². The summed E-state index contributed by atoms with van der Waals surface area (Å²) in [5.41, 5.74) is 1.02. The van der Waals surface area contributed by atoms with Crippen molar-refractivity contribution < 1.29 is 18.7 Å². The molecule has 3 rings (SSSR count). The second-order valence-electron chi connectivity index (χ2n) is 6.62. The lowest BCUT2D eigenvalue weighted by molar-refractivity contribution is -0.129. The topological polar surface area (TPSA) is 47.9 Å². The Kier molecular flexibility index (Phi) is 6.95. The van der Waals surface area contributed by atoms with Gasteiger partial charge >= 0.3 is 5.97 Å². The molecule has 28 heavy (non-hydrogen) atoms. The lowest BCUT2D eigenvalue weighted by atomic mass is 10.1. The number of halogens is 1. The molecule has 2 aromatic rings. The van der Waals surface area contributed by atoms with Crippen LogP contribution in [0.3, 0.4) is 0 Å². The molecule has 0 amide bonds. The van der Waals surface area contributed by atoms with Crippen LogP contribution in [0.1, 0.15) is 50.2 Å². The van der Waals surface area contributed by atoms with Crippen LogP contribution < -0.4 is 4.74 Å². The Morgan fingerprint density at radius 3 is 2.61 bits per heavy atom. The van der Waals surface area contributed by atoms with Crippen LogP contribution >= 0.6 is 0 Å². The van der Waals surface area contributed by atoms with E-state index in [2.05, 4.69) is 11.9 Å². The molecule has 0 spiro atoms. The average molecular weight is 381 g/mol. The number of cyclic esters (lactones) is 1. The van der Waals surface area contributed by atoms with Gasteiger partial charge in [-0.2, -0.15) is 0 Å². The maximum atomic E-state index is 13.9. The largest absolute Gasteiger partial charge is 0.493 e. The predicted octanol–water partition coefficient (Wildman–Crippen LogP) is 5.52. The predicted molar refractivity (Wildman–Crippen MR) is 108 cm³/mol. The SMILES string of the molecule is CCCCCCCOc1ccccc1/C=C1\N=C(c2ccccc2F)OC1=O. The summed E-state index contributed by atoms with van der Waals surface area (Å²) < 4.78 is 25.0. The molecule has 1 aliphatic rings. The molecular weight excluding hydrogens is 357 g/mol. The second-order valence-corrected chi connectivity index (χ2v) is 6.62. The fraction of sp³-hybridized carbons (Fsp3) is 0.304. The van der Waals surface area contributed by atoms with E-state index in [4.69, 9.17) is 9.47 Å². The number of carbonyl (C=O) groups excluding carboxylic acids is 1. The molecule has 0 N–H and O–H groups in total. The molecule has 1 heterocycles. The number of esters is 1. The number of rotatable bonds is 9. The van der Waals surface area contributed by atoms with Crippen LogP contribution in [0, 0.1) is 5.82 Å². The average Bonchev–Trinajstić information content (AvgIpc) is 3.06. The summed E-state index contributed by atoms with van der Waals surface area (Å²) in [7, 11) is 0. The van der Waals surface area contributed by atoms with E-state index in [1.54, 1.807) is 18.2 Å². The van der Waals surface area contributed by atoms with E-state index in [0.717, 1.165) is 18.4 Å². The summed E-state index contributed by atoms with van der Waals surface area (Å²) >= 11 is 0. The minimum atomic E-state index is -0.604. The Morgan fingerprint density at radius 2 is 1.79 bits per heavy atom. The third kappa shape index (κ3) is 5.06. The van der Waals surface area contributed by atoms with Crippen molar-refractivity contribution in [3.63, 3.8) is 0 Å². The van der Waals surface area contributed by atoms with E-state index in [1.807, 2.05) is 24.3 Å². The van der Waals surface area contributed by atoms with E-state index in [0.29, 0.717) is 12.4 Å². The quantitative estimate of drug-likeness (QED) is 0.326. The Bertz CT molecular complexity index is 889. The van der Waals surface area contributed by atoms with Crippen LogP contribution in [-0.4, -0.2) is 18.5 Å². The molecule has 0 saturated carbocycles. The zero-order valence-corrected chi connectivity index (χ0v) is 16.0. The highest BCUT2D eigenvalue weighted by molar-refractivity contribution is 6.13. The molecule has 0 saturated heterocycles. The van der Waals surface area contributed by atoms with Crippen molar-refractivity contribution in [1.82, 2.24) is 0 Å². The zero-order chi connectivity index (χ0) is 19.8. The van der Waals surface area contributed by atoms with Gasteiger partial charge in [-0.25, -0.2) is 14.2 Å². The normalized spacial score (nSPS) is 14.9. The number of hydrogen-bond donors (Lipinski definition) is 0. The van der Waals surface area contributed by atoms with Crippen molar-refractivity contribution in [2.75, 3.05) is 6.61 Å². The Morgan fingerprint density at radius 1 is 1.04 bits per heavy atom. The van der Waals surface area contributed by atoms with E-state index >= 15 is 0 Å². The van der Waals surface area contributed by atoms with Crippen molar-refractivity contribution in [3.05, 3.63) is 71.2 Å². The van der Waals surface area contributed by atoms with Gasteiger partial charge in [-0.1, -0.05) is 62.9 Å². The van der Waals surface area contributed by atoms with Gasteiger partial charge in [0.15, 0.2) is 5.70 Å². The summed E-state index contributed by atoms with van der Waals surface area (Å²) in [6, 6.07) is 13.5. The van der Waals surface area contributed by atoms with Gasteiger partial charge in [0.25, 0.3) is 0 Å². The number of benzene rings is 2. The van der Waals surface area contributed by atoms with Gasteiger partial charge in [0, 0.05) is 5.56 Å². The first kappa shape index (κ1) is 19.8. The van der Waals surface area contributed by atoms with Crippen molar-refractivity contribution in [1.29, 1.82) is 0 Å². The van der Waals surface area contributed by atoms with Crippen LogP contribution in [0.5, 0.6) is 5.75 Å². The first-order valence-corrected chi connectivity index (χ1v) is 9.68. The molecular formula is C23H24FNO3. The third-order valence-corrected chi connectivity index (χ3v) is 4.44. The van der Waals surface area contributed by atoms with Crippen LogP contribution in [0.2, 0.25) is 0 Å². The highest BCUT2D eigenvalue weighted by Crippen LogP contribution is 2.25. The first-order chi connectivity index (χ1) is 13.7. The molecule has 0 atom stereocenters. The lowest BCUT2D eigenvalue weighted by Gasteiger charge is -2.09. The number of unbranched alkanes of at least 4 members (excludes halogenated alkanes) is 4. The van der Waals surface area contributed by atoms with E-state index in [1.165, 1.54) is 31.4 Å². The standard InChI is InChI=1S/C23H24FNO3/c1-2-3-4-5-10-15-27-21-14-9-6-11-17(21)16-20-23(26)28-22(25-20)18-12-7-8-13-19(18)24/h6-9,11-14,16H,2-5,10,15H2,1H3/b20-16-. The highest BCUT2D eigenvalue weighted by Gasteiger charge is 2.26. The Balaban J connectivity index is 1.72. The number of para-hydroxylation sites is 1. The molecule has 4 nitrogen and oxygen atoms in total. The molecule has 2 aromatic carbocycles. The zero-order valence-electron chi connectivity index (χ0n) is 16.0. The maximum Gasteiger partial charge on any atom is 0.363 e. The van der Waals surface area contributed by atoms with E-state index in [-0.39, 0.29) is 17.2 Å². The minimum absolute atomic E-state index is 0.0244. The summed E-state index contributed by atoms with van der Waals surface area (Å²) in [6.45, 7) is 2.81. The molecule has 0 radical (unpaired) electrons. The van der Waals surface area contributed by atoms with Crippen LogP contribution in [0.25, 0.3) is 6.08 Å². The Labute approximate surface area is 164 Å². The van der Waals surface area contributed by atoms with Crippen LogP contribution in [0.4, 0.5) is 4.39 Å². The van der Waals surface area contributed by atoms with Gasteiger partial charge in [0.05, 0.1) is 12.2 Å². The fourth-order valence-electron chi connectivity index (χ4n) is 2.93. The molecule has 0 bridgehead atoms. The molecule has 1 aliphatic heterocycles. The van der Waals surface area contributed by atoms with Gasteiger partial charge < -0.3 is 9.47 Å². The number of aliphatic imine (C=N–C) groups is 1. The number of carbonyl (C=O) groups is 1. The number of hydrogen-bond acceptors (Lipinski definition) is 4. The summed E-state index contributed by atoms with van der Waals surface area (Å²) in [5.74, 6) is -0.425. The monoisotopic (exact) mass is 381 g/mol. The lowest BCUT2D eigenvalue weighted by Crippen LogP contribution is -2.07. The highest BCUT2D eigenvalue weighted by atomic mass is 19.1. The van der Waals surface area contributed by atoms with Crippen molar-refractivity contribution in [2.24, 2.45) is 4.99 Å². The van der Waals surface area contributed by atoms with Crippen molar-refractivity contribution in [3.8, 4) is 5.75 Å². The van der Waals surface area contributed by atoms with E-state index in [9.17, 15) is 9.18 Å². The summed E-state index contributed by atoms with van der Waals surface area (Å²) in [5, 5.41) is 0. The minimum Gasteiger partial charge on any atom is -0.493 e. The molecule has 0 fully saturated rings. The van der Waals surface area contributed by atoms with Crippen molar-refractivity contribution in [2.45, 2.75) is 39.0 Å². The van der Waals surface area contributed by atoms with Gasteiger partial charge in [0.1, 0.15) is 11.6 Å². The third-order valence-electron chi connectivity index (χ3n) is 4.44. The first-order valence-electron chi connectivity index (χ1n) is 9.68. The van der Waals surface area contributed by atoms with Gasteiger partial charge in [-0.3, -0.25) is 0 Å². The van der Waals surface area contributed by atoms with Gasteiger partial charge in [-0.05, 0) is 30.7 Å². The Hall–Kier alpha value is -2.95. The van der Waals surface area contributed by atoms with E-state index < -0.39 is 11.8 Å². The maximum absolute atomic E-state index is 13.9. The second kappa shape index (κ2) is 9.83. The summed E-state index contributed by atoms with van der Waals surface area (Å²) in [6.07, 6.45) is 7.41. The smallest absolute Gasteiger partial charge is 0.363 e. The van der Waals surface area contributed by atoms with Gasteiger partial charge in [-0.15, -0.1) is 0 Å². The van der Waals surface area contributed by atoms with Crippen LogP contribution in [-0.2, 0) is 9.53 Å². The number of ether oxygens (including phenoxy) is 2. The summed E-state index contributed by atoms with van der Waals surface area (Å²) in [4.78, 5) is 16.4. The fourth-order valence-corrected chi connectivity index (χ4v) is 2.93. The molecule has 5 heteroatoms. The van der Waals surface area contributed by atoms with Crippen molar-refractivity contribution >= 4 is 17.9 Å². The molecule has 0 unspecified atom stereocenters. The molecule has 146 valence electrons. The molecule has 0 aliphatic carbocycles. The van der Waals surface area contributed by atoms with Gasteiger partial charge in [0.2, 0.25) is 5.90 Å². The number of nitrogens with zero attached hydrogens (tertiary/aromatic N) is 1. The molecule has 0 aromatic heterocycles.